The molecule has 0 aliphatic carbocycles. The third kappa shape index (κ3) is 4.85. The number of amides is 1. The van der Waals surface area contributed by atoms with Crippen LogP contribution < -0.4 is 5.32 Å². The highest BCUT2D eigenvalue weighted by molar-refractivity contribution is 6.02. The Balaban J connectivity index is 1.27. The van der Waals surface area contributed by atoms with Crippen LogP contribution in [0.15, 0.2) is 90.8 Å². The number of hydrogen-bond acceptors (Lipinski definition) is 2. The van der Waals surface area contributed by atoms with Gasteiger partial charge in [-0.15, -0.1) is 0 Å². The monoisotopic (exact) mass is 462 g/mol. The molecule has 1 amide bonds. The van der Waals surface area contributed by atoms with E-state index in [1.54, 1.807) is 12.1 Å². The van der Waals surface area contributed by atoms with Crippen molar-refractivity contribution in [2.75, 3.05) is 6.54 Å². The molecule has 3 aromatic carbocycles. The molecule has 0 radical (unpaired) electrons. The number of aromatic amines is 1. The molecule has 0 saturated carbocycles. The Labute approximate surface area is 202 Å². The number of nitrogens with one attached hydrogen (secondary N) is 2. The van der Waals surface area contributed by atoms with E-state index in [1.165, 1.54) is 12.1 Å². The third-order valence-corrected chi connectivity index (χ3v) is 6.07. The number of H-pyrrole nitrogens is 1. The van der Waals surface area contributed by atoms with E-state index < -0.39 is 5.91 Å². The summed E-state index contributed by atoms with van der Waals surface area (Å²) in [5, 5.41) is 14.5. The van der Waals surface area contributed by atoms with Crippen molar-refractivity contribution in [2.45, 2.75) is 13.0 Å². The molecule has 35 heavy (non-hydrogen) atoms. The van der Waals surface area contributed by atoms with E-state index in [0.29, 0.717) is 19.5 Å². The lowest BCUT2D eigenvalue weighted by Gasteiger charge is -2.07. The summed E-state index contributed by atoms with van der Waals surface area (Å²) in [6, 6.07) is 24.3. The first-order valence-electron chi connectivity index (χ1n) is 11.4. The van der Waals surface area contributed by atoms with Gasteiger partial charge >= 0.3 is 0 Å². The van der Waals surface area contributed by atoms with Crippen LogP contribution in [0.3, 0.4) is 0 Å². The summed E-state index contributed by atoms with van der Waals surface area (Å²) in [5.74, 6) is -0.647. The zero-order valence-electron chi connectivity index (χ0n) is 19.0. The second-order valence-electron chi connectivity index (χ2n) is 8.43. The summed E-state index contributed by atoms with van der Waals surface area (Å²) in [4.78, 5) is 15.9. The molecule has 0 unspecified atom stereocenters. The van der Waals surface area contributed by atoms with Crippen molar-refractivity contribution in [1.29, 1.82) is 5.26 Å². The van der Waals surface area contributed by atoms with Crippen LogP contribution in [0.25, 0.3) is 27.9 Å². The Morgan fingerprint density at radius 2 is 1.97 bits per heavy atom. The minimum Gasteiger partial charge on any atom is -0.361 e. The maximum Gasteiger partial charge on any atom is 0.261 e. The predicted octanol–water partition coefficient (Wildman–Crippen LogP) is 5.58. The molecule has 0 atom stereocenters. The van der Waals surface area contributed by atoms with Gasteiger partial charge in [-0.2, -0.15) is 5.26 Å². The van der Waals surface area contributed by atoms with Crippen LogP contribution in [0.4, 0.5) is 4.39 Å². The van der Waals surface area contributed by atoms with Crippen LogP contribution in [0.1, 0.15) is 16.7 Å². The Morgan fingerprint density at radius 3 is 2.83 bits per heavy atom. The second kappa shape index (κ2) is 9.70. The van der Waals surface area contributed by atoms with Gasteiger partial charge in [-0.25, -0.2) is 4.39 Å². The topological polar surface area (TPSA) is 73.6 Å². The van der Waals surface area contributed by atoms with E-state index in [2.05, 4.69) is 10.3 Å². The lowest BCUT2D eigenvalue weighted by molar-refractivity contribution is -0.117. The van der Waals surface area contributed by atoms with Crippen molar-refractivity contribution < 1.29 is 9.18 Å². The van der Waals surface area contributed by atoms with Crippen molar-refractivity contribution >= 4 is 33.8 Å². The maximum absolute atomic E-state index is 13.5. The SMILES string of the molecule is N#C/C(=C\c1ccc2c(ccn2Cc2cccc(F)c2)c1)C(=O)NCCc1c[nH]c2ccccc12. The molecule has 5 rings (SSSR count). The minimum absolute atomic E-state index is 0.0578. The largest absolute Gasteiger partial charge is 0.361 e. The molecule has 6 heteroatoms. The normalized spacial score (nSPS) is 11.6. The van der Waals surface area contributed by atoms with Crippen molar-refractivity contribution in [1.82, 2.24) is 14.9 Å². The molecule has 0 saturated heterocycles. The molecule has 2 heterocycles. The highest BCUT2D eigenvalue weighted by atomic mass is 19.1. The quantitative estimate of drug-likeness (QED) is 0.245. The first-order valence-corrected chi connectivity index (χ1v) is 11.4. The zero-order chi connectivity index (χ0) is 24.2. The van der Waals surface area contributed by atoms with Crippen molar-refractivity contribution in [2.24, 2.45) is 0 Å². The molecule has 2 aromatic heterocycles. The molecule has 5 nitrogen and oxygen atoms in total. The van der Waals surface area contributed by atoms with Gasteiger partial charge in [-0.3, -0.25) is 4.79 Å². The standard InChI is InChI=1S/C29H23FN4O/c30-25-5-3-4-21(16-25)19-34-13-11-22-14-20(8-9-28(22)34)15-24(17-31)29(35)32-12-10-23-18-33-27-7-2-1-6-26(23)27/h1-9,11,13-16,18,33H,10,12,19H2,(H,32,35)/b24-15+. The van der Waals surface area contributed by atoms with Crippen LogP contribution >= 0.6 is 0 Å². The van der Waals surface area contributed by atoms with Gasteiger partial charge in [0.25, 0.3) is 5.91 Å². The Bertz CT molecular complexity index is 1600. The first-order chi connectivity index (χ1) is 17.1. The summed E-state index contributed by atoms with van der Waals surface area (Å²) >= 11 is 0. The number of rotatable bonds is 7. The average Bonchev–Trinajstić information content (AvgIpc) is 3.46. The van der Waals surface area contributed by atoms with E-state index >= 15 is 0 Å². The summed E-state index contributed by atoms with van der Waals surface area (Å²) < 4.78 is 15.6. The fourth-order valence-electron chi connectivity index (χ4n) is 4.34. The number of carbonyl (C=O) groups is 1. The number of aromatic nitrogens is 2. The molecule has 172 valence electrons. The third-order valence-electron chi connectivity index (χ3n) is 6.07. The van der Waals surface area contributed by atoms with Crippen molar-refractivity contribution in [3.8, 4) is 6.07 Å². The molecule has 0 fully saturated rings. The Morgan fingerprint density at radius 1 is 1.09 bits per heavy atom. The number of fused-ring (bicyclic) bond motifs is 2. The molecule has 2 N–H and O–H groups in total. The lowest BCUT2D eigenvalue weighted by Crippen LogP contribution is -2.26. The van der Waals surface area contributed by atoms with Gasteiger partial charge in [-0.05, 0) is 65.6 Å². The van der Waals surface area contributed by atoms with Gasteiger partial charge in [0.05, 0.1) is 0 Å². The smallest absolute Gasteiger partial charge is 0.261 e. The number of benzene rings is 3. The highest BCUT2D eigenvalue weighted by Crippen LogP contribution is 2.21. The Hall–Kier alpha value is -4.63. The van der Waals surface area contributed by atoms with E-state index in [9.17, 15) is 14.4 Å². The number of para-hydroxylation sites is 1. The van der Waals surface area contributed by atoms with Gasteiger partial charge in [0, 0.05) is 47.3 Å². The van der Waals surface area contributed by atoms with Gasteiger partial charge in [0.2, 0.25) is 0 Å². The van der Waals surface area contributed by atoms with E-state index in [1.807, 2.05) is 77.6 Å². The van der Waals surface area contributed by atoms with Crippen LogP contribution in [0.2, 0.25) is 0 Å². The van der Waals surface area contributed by atoms with Gasteiger partial charge in [0.15, 0.2) is 0 Å². The molecule has 0 bridgehead atoms. The molecular formula is C29H23FN4O. The van der Waals surface area contributed by atoms with Crippen LogP contribution in [-0.4, -0.2) is 22.0 Å². The second-order valence-corrected chi connectivity index (χ2v) is 8.43. The molecule has 5 aromatic rings. The highest BCUT2D eigenvalue weighted by Gasteiger charge is 2.11. The fourth-order valence-corrected chi connectivity index (χ4v) is 4.34. The van der Waals surface area contributed by atoms with Crippen LogP contribution in [0.5, 0.6) is 0 Å². The summed E-state index contributed by atoms with van der Waals surface area (Å²) in [5.41, 5.74) is 4.88. The lowest BCUT2D eigenvalue weighted by atomic mass is 10.1. The van der Waals surface area contributed by atoms with E-state index in [0.717, 1.165) is 38.5 Å². The van der Waals surface area contributed by atoms with Crippen molar-refractivity contribution in [3.05, 3.63) is 113 Å². The van der Waals surface area contributed by atoms with E-state index in [-0.39, 0.29) is 11.4 Å². The van der Waals surface area contributed by atoms with Crippen LogP contribution in [0, 0.1) is 17.1 Å². The minimum atomic E-state index is -0.392. The number of nitrogens with zero attached hydrogens (tertiary/aromatic N) is 2. The number of halogens is 1. The molecule has 0 aliphatic heterocycles. The summed E-state index contributed by atoms with van der Waals surface area (Å²) in [6.07, 6.45) is 6.17. The number of nitriles is 1. The van der Waals surface area contributed by atoms with Crippen molar-refractivity contribution in [3.63, 3.8) is 0 Å². The molecule has 0 aliphatic rings. The first kappa shape index (κ1) is 22.2. The average molecular weight is 463 g/mol. The number of hydrogen-bond donors (Lipinski definition) is 2. The Kier molecular flexibility index (Phi) is 6.15. The molecule has 0 spiro atoms. The van der Waals surface area contributed by atoms with Gasteiger partial charge in [0.1, 0.15) is 17.5 Å². The summed E-state index contributed by atoms with van der Waals surface area (Å²) in [6.45, 7) is 0.987. The fraction of sp³-hybridized carbons (Fsp3) is 0.103. The predicted molar refractivity (Wildman–Crippen MR) is 136 cm³/mol. The van der Waals surface area contributed by atoms with E-state index in [4.69, 9.17) is 0 Å². The summed E-state index contributed by atoms with van der Waals surface area (Å²) in [7, 11) is 0. The van der Waals surface area contributed by atoms with Crippen LogP contribution in [-0.2, 0) is 17.8 Å². The van der Waals surface area contributed by atoms with Gasteiger partial charge in [-0.1, -0.05) is 36.4 Å². The number of carbonyl (C=O) groups excluding carboxylic acids is 1. The molecular weight excluding hydrogens is 439 g/mol. The van der Waals surface area contributed by atoms with Gasteiger partial charge < -0.3 is 14.9 Å². The maximum atomic E-state index is 13.5. The zero-order valence-corrected chi connectivity index (χ0v) is 19.0.